The molecule has 1 heterocycles. The number of rotatable bonds is 8. The maximum absolute atomic E-state index is 11.8. The predicted octanol–water partition coefficient (Wildman–Crippen LogP) is 1.85. The van der Waals surface area contributed by atoms with E-state index in [2.05, 4.69) is 35.5 Å². The van der Waals surface area contributed by atoms with E-state index in [0.29, 0.717) is 19.1 Å². The van der Waals surface area contributed by atoms with Gasteiger partial charge in [0.15, 0.2) is 0 Å². The fraction of sp³-hybridized carbons (Fsp3) is 0.625. The highest BCUT2D eigenvalue weighted by Gasteiger charge is 2.13. The topological polar surface area (TPSA) is 57.3 Å². The maximum atomic E-state index is 11.8. The van der Waals surface area contributed by atoms with Gasteiger partial charge in [-0.3, -0.25) is 4.79 Å². The molecule has 21 heavy (non-hydrogen) atoms. The summed E-state index contributed by atoms with van der Waals surface area (Å²) >= 11 is 0. The molecule has 5 nitrogen and oxygen atoms in total. The molecule has 0 aliphatic heterocycles. The molecule has 0 fully saturated rings. The normalized spacial score (nSPS) is 10.8. The molecule has 0 unspecified atom stereocenters. The van der Waals surface area contributed by atoms with Gasteiger partial charge in [-0.1, -0.05) is 13.8 Å². The van der Waals surface area contributed by atoms with Crippen molar-refractivity contribution in [1.29, 1.82) is 0 Å². The van der Waals surface area contributed by atoms with Gasteiger partial charge in [-0.25, -0.2) is 4.98 Å². The number of carbonyl (C=O) groups excluding carboxylic acids is 1. The van der Waals surface area contributed by atoms with Crippen LogP contribution in [0.1, 0.15) is 38.8 Å². The van der Waals surface area contributed by atoms with Crippen LogP contribution in [-0.2, 0) is 11.3 Å². The van der Waals surface area contributed by atoms with Crippen LogP contribution in [-0.4, -0.2) is 36.6 Å². The van der Waals surface area contributed by atoms with Gasteiger partial charge < -0.3 is 15.5 Å². The molecule has 0 bridgehead atoms. The minimum Gasteiger partial charge on any atom is -0.355 e. The average molecular weight is 292 g/mol. The van der Waals surface area contributed by atoms with Crippen LogP contribution in [0.3, 0.4) is 0 Å². The Morgan fingerprint density at radius 1 is 1.38 bits per heavy atom. The molecule has 5 heteroatoms. The number of likely N-dealkylation sites (N-methyl/N-ethyl adjacent to an activating group) is 2. The van der Waals surface area contributed by atoms with Gasteiger partial charge in [-0.2, -0.15) is 0 Å². The Labute approximate surface area is 128 Å². The van der Waals surface area contributed by atoms with Gasteiger partial charge in [0.25, 0.3) is 0 Å². The molecule has 1 amide bonds. The van der Waals surface area contributed by atoms with Gasteiger partial charge in [0, 0.05) is 31.9 Å². The number of hydrogen-bond donors (Lipinski definition) is 2. The fourth-order valence-electron chi connectivity index (χ4n) is 2.14. The van der Waals surface area contributed by atoms with Gasteiger partial charge in [0.05, 0.1) is 6.54 Å². The Hall–Kier alpha value is -1.62. The van der Waals surface area contributed by atoms with E-state index in [0.717, 1.165) is 24.5 Å². The van der Waals surface area contributed by atoms with E-state index >= 15 is 0 Å². The van der Waals surface area contributed by atoms with Gasteiger partial charge >= 0.3 is 0 Å². The van der Waals surface area contributed by atoms with E-state index < -0.39 is 0 Å². The number of nitrogens with one attached hydrogen (secondary N) is 2. The van der Waals surface area contributed by atoms with Crippen LogP contribution in [0.2, 0.25) is 0 Å². The van der Waals surface area contributed by atoms with Crippen molar-refractivity contribution in [2.45, 2.75) is 47.2 Å². The second kappa shape index (κ2) is 8.62. The minimum absolute atomic E-state index is 0.0334. The summed E-state index contributed by atoms with van der Waals surface area (Å²) in [5.74, 6) is 0.920. The monoisotopic (exact) mass is 292 g/mol. The largest absolute Gasteiger partial charge is 0.355 e. The van der Waals surface area contributed by atoms with Crippen LogP contribution in [0, 0.1) is 6.92 Å². The number of hydrogen-bond acceptors (Lipinski definition) is 4. The maximum Gasteiger partial charge on any atom is 0.239 e. The van der Waals surface area contributed by atoms with Crippen LogP contribution < -0.4 is 15.5 Å². The molecule has 0 aliphatic rings. The molecule has 0 aliphatic carbocycles. The van der Waals surface area contributed by atoms with E-state index in [4.69, 9.17) is 0 Å². The van der Waals surface area contributed by atoms with Crippen molar-refractivity contribution in [2.24, 2.45) is 0 Å². The summed E-state index contributed by atoms with van der Waals surface area (Å²) in [6, 6.07) is 2.59. The first kappa shape index (κ1) is 17.4. The fourth-order valence-corrected chi connectivity index (χ4v) is 2.14. The first-order chi connectivity index (χ1) is 9.97. The third-order valence-electron chi connectivity index (χ3n) is 3.21. The zero-order valence-electron chi connectivity index (χ0n) is 13.9. The van der Waals surface area contributed by atoms with Gasteiger partial charge in [0.1, 0.15) is 5.82 Å². The predicted molar refractivity (Wildman–Crippen MR) is 87.5 cm³/mol. The summed E-state index contributed by atoms with van der Waals surface area (Å²) in [4.78, 5) is 18.3. The average Bonchev–Trinajstić information content (AvgIpc) is 2.43. The van der Waals surface area contributed by atoms with Crippen molar-refractivity contribution in [2.75, 3.05) is 24.5 Å². The second-order valence-electron chi connectivity index (χ2n) is 5.49. The van der Waals surface area contributed by atoms with Gasteiger partial charge in [-0.15, -0.1) is 0 Å². The number of amides is 1. The number of carbonyl (C=O) groups is 1. The lowest BCUT2D eigenvalue weighted by Crippen LogP contribution is -2.37. The molecule has 1 aromatic heterocycles. The Bertz CT molecular complexity index is 460. The van der Waals surface area contributed by atoms with Gasteiger partial charge in [-0.05, 0) is 38.0 Å². The first-order valence-corrected chi connectivity index (χ1v) is 7.68. The molecule has 1 aromatic rings. The molecule has 118 valence electrons. The third-order valence-corrected chi connectivity index (χ3v) is 3.21. The summed E-state index contributed by atoms with van der Waals surface area (Å²) in [7, 11) is 0. The van der Waals surface area contributed by atoms with Crippen LogP contribution in [0.15, 0.2) is 12.3 Å². The Kier molecular flexibility index (Phi) is 7.15. The highest BCUT2D eigenvalue weighted by atomic mass is 16.2. The first-order valence-electron chi connectivity index (χ1n) is 7.68. The van der Waals surface area contributed by atoms with E-state index in [1.165, 1.54) is 5.56 Å². The summed E-state index contributed by atoms with van der Waals surface area (Å²) in [6.07, 6.45) is 1.89. The number of aryl methyl sites for hydroxylation is 1. The van der Waals surface area contributed by atoms with Crippen molar-refractivity contribution >= 4 is 11.7 Å². The number of anilines is 1. The SMILES string of the molecule is CCNC(=O)CN(CC)c1ncc(CNC(C)C)cc1C. The number of nitrogens with zero attached hydrogens (tertiary/aromatic N) is 2. The van der Waals surface area contributed by atoms with E-state index in [1.807, 2.05) is 31.9 Å². The standard InChI is InChI=1S/C16H28N4O/c1-6-17-15(21)11-20(7-2)16-13(5)8-14(10-19-16)9-18-12(3)4/h8,10,12,18H,6-7,9,11H2,1-5H3,(H,17,21). The third kappa shape index (κ3) is 5.71. The molecular formula is C16H28N4O. The van der Waals surface area contributed by atoms with Crippen LogP contribution in [0.4, 0.5) is 5.82 Å². The molecular weight excluding hydrogens is 264 g/mol. The lowest BCUT2D eigenvalue weighted by atomic mass is 10.2. The highest BCUT2D eigenvalue weighted by molar-refractivity contribution is 5.81. The Morgan fingerprint density at radius 2 is 2.10 bits per heavy atom. The van der Waals surface area contributed by atoms with Crippen molar-refractivity contribution in [1.82, 2.24) is 15.6 Å². The molecule has 0 saturated carbocycles. The molecule has 0 spiro atoms. The van der Waals surface area contributed by atoms with Crippen molar-refractivity contribution in [3.8, 4) is 0 Å². The summed E-state index contributed by atoms with van der Waals surface area (Å²) in [6.45, 7) is 12.8. The summed E-state index contributed by atoms with van der Waals surface area (Å²) in [5, 5.41) is 6.21. The van der Waals surface area contributed by atoms with E-state index in [-0.39, 0.29) is 5.91 Å². The molecule has 0 atom stereocenters. The molecule has 0 radical (unpaired) electrons. The zero-order chi connectivity index (χ0) is 15.8. The molecule has 1 rings (SSSR count). The van der Waals surface area contributed by atoms with Crippen LogP contribution in [0.25, 0.3) is 0 Å². The van der Waals surface area contributed by atoms with Crippen molar-refractivity contribution in [3.63, 3.8) is 0 Å². The second-order valence-corrected chi connectivity index (χ2v) is 5.49. The van der Waals surface area contributed by atoms with E-state index in [9.17, 15) is 4.79 Å². The van der Waals surface area contributed by atoms with Crippen LogP contribution in [0.5, 0.6) is 0 Å². The lowest BCUT2D eigenvalue weighted by Gasteiger charge is -2.23. The summed E-state index contributed by atoms with van der Waals surface area (Å²) < 4.78 is 0. The van der Waals surface area contributed by atoms with Crippen molar-refractivity contribution in [3.05, 3.63) is 23.4 Å². The number of aromatic nitrogens is 1. The molecule has 2 N–H and O–H groups in total. The van der Waals surface area contributed by atoms with Gasteiger partial charge in [0.2, 0.25) is 5.91 Å². The molecule has 0 aromatic carbocycles. The van der Waals surface area contributed by atoms with Crippen LogP contribution >= 0.6 is 0 Å². The van der Waals surface area contributed by atoms with Crippen molar-refractivity contribution < 1.29 is 4.79 Å². The highest BCUT2D eigenvalue weighted by Crippen LogP contribution is 2.17. The quantitative estimate of drug-likeness (QED) is 0.768. The van der Waals surface area contributed by atoms with E-state index in [1.54, 1.807) is 0 Å². The Morgan fingerprint density at radius 3 is 2.62 bits per heavy atom. The lowest BCUT2D eigenvalue weighted by molar-refractivity contribution is -0.119. The smallest absolute Gasteiger partial charge is 0.239 e. The zero-order valence-corrected chi connectivity index (χ0v) is 13.9. The minimum atomic E-state index is 0.0334. The summed E-state index contributed by atoms with van der Waals surface area (Å²) in [5.41, 5.74) is 2.27. The number of pyridine rings is 1. The Balaban J connectivity index is 2.78. The molecule has 0 saturated heterocycles.